The van der Waals surface area contributed by atoms with Crippen molar-refractivity contribution >= 4 is 11.9 Å². The fraction of sp³-hybridized carbons (Fsp3) is 0.923. The molecule has 0 aromatic rings. The zero-order valence-corrected chi connectivity index (χ0v) is 22.6. The molecule has 0 aromatic heterocycles. The normalized spacial score (nSPS) is 10.1. The van der Waals surface area contributed by atoms with Crippen molar-refractivity contribution in [1.29, 1.82) is 0 Å². The molecule has 1 amide bonds. The number of nitrogens with two attached hydrogens (primary N) is 3. The minimum Gasteiger partial charge on any atom is -0.481 e. The number of carbonyl (C=O) groups excluding carboxylic acids is 1. The van der Waals surface area contributed by atoms with E-state index in [1.807, 2.05) is 0 Å². The van der Waals surface area contributed by atoms with Crippen molar-refractivity contribution in [2.45, 2.75) is 117 Å². The van der Waals surface area contributed by atoms with Crippen molar-refractivity contribution in [3.05, 3.63) is 0 Å². The number of unbranched alkanes of at least 4 members (excludes halogenated alkanes) is 14. The van der Waals surface area contributed by atoms with Crippen LogP contribution in [0.15, 0.2) is 0 Å². The average molecular weight is 490 g/mol. The smallest absolute Gasteiger partial charge is 0.300 e. The Balaban J connectivity index is -0.000000568. The van der Waals surface area contributed by atoms with Gasteiger partial charge in [0.05, 0.1) is 0 Å². The van der Waals surface area contributed by atoms with Gasteiger partial charge >= 0.3 is 0 Å². The average Bonchev–Trinajstić information content (AvgIpc) is 2.79. The number of nitrogens with one attached hydrogen (secondary N) is 2. The van der Waals surface area contributed by atoms with Crippen LogP contribution in [0.1, 0.15) is 117 Å². The molecule has 0 unspecified atom stereocenters. The Morgan fingerprint density at radius 3 is 1.18 bits per heavy atom. The third-order valence-corrected chi connectivity index (χ3v) is 5.15. The van der Waals surface area contributed by atoms with Crippen LogP contribution in [0.4, 0.5) is 0 Å². The highest BCUT2D eigenvalue weighted by atomic mass is 16.4. The molecule has 0 aliphatic heterocycles. The molecule has 0 atom stereocenters. The molecule has 206 valence electrons. The Hall–Kier alpha value is -1.22. The SMILES string of the molecule is CC(=O)O.CCCCCCCCCCCCCCCCCC(N)=O.NCCNCCNCCN. The first-order chi connectivity index (χ1) is 16.4. The number of aliphatic carboxylic acids is 1. The summed E-state index contributed by atoms with van der Waals surface area (Å²) in [5.41, 5.74) is 15.6. The molecule has 0 radical (unpaired) electrons. The van der Waals surface area contributed by atoms with Gasteiger partial charge in [0.1, 0.15) is 0 Å². The second-order valence-corrected chi connectivity index (χ2v) is 8.76. The monoisotopic (exact) mass is 489 g/mol. The van der Waals surface area contributed by atoms with Crippen molar-refractivity contribution in [2.75, 3.05) is 39.3 Å². The van der Waals surface area contributed by atoms with Crippen LogP contribution >= 0.6 is 0 Å². The molecule has 0 aromatic carbocycles. The van der Waals surface area contributed by atoms with Crippen LogP contribution in [-0.4, -0.2) is 56.3 Å². The van der Waals surface area contributed by atoms with Gasteiger partial charge in [-0.25, -0.2) is 0 Å². The summed E-state index contributed by atoms with van der Waals surface area (Å²) in [6.07, 6.45) is 20.9. The van der Waals surface area contributed by atoms with Crippen molar-refractivity contribution in [1.82, 2.24) is 10.6 Å². The standard InChI is InChI=1S/C18H37NO.C6H18N4.C2H4O2/c1-2-3-4-5-6-7-8-9-10-11-12-13-14-15-16-17-18(19)20;7-1-3-9-5-6-10-4-2-8;1-2(3)4/h2-17H2,1H3,(H2,19,20);9-10H,1-8H2;1H3,(H,3,4). The zero-order chi connectivity index (χ0) is 26.1. The van der Waals surface area contributed by atoms with E-state index in [2.05, 4.69) is 17.6 Å². The Labute approximate surface area is 210 Å². The van der Waals surface area contributed by atoms with Crippen LogP contribution < -0.4 is 27.8 Å². The number of rotatable bonds is 23. The van der Waals surface area contributed by atoms with Gasteiger partial charge in [-0.15, -0.1) is 0 Å². The molecular weight excluding hydrogens is 430 g/mol. The summed E-state index contributed by atoms with van der Waals surface area (Å²) >= 11 is 0. The number of carbonyl (C=O) groups is 2. The summed E-state index contributed by atoms with van der Waals surface area (Å²) in [5, 5.41) is 13.7. The quantitative estimate of drug-likeness (QED) is 0.119. The zero-order valence-electron chi connectivity index (χ0n) is 22.6. The molecule has 34 heavy (non-hydrogen) atoms. The van der Waals surface area contributed by atoms with Gasteiger partial charge in [0, 0.05) is 52.6 Å². The lowest BCUT2D eigenvalue weighted by molar-refractivity contribution is -0.134. The molecule has 0 aliphatic carbocycles. The summed E-state index contributed by atoms with van der Waals surface area (Å²) in [7, 11) is 0. The predicted molar refractivity (Wildman–Crippen MR) is 146 cm³/mol. The number of hydrogen-bond acceptors (Lipinski definition) is 6. The molecular formula is C26H59N5O3. The molecule has 0 spiro atoms. The maximum atomic E-state index is 10.6. The fourth-order valence-electron chi connectivity index (χ4n) is 3.30. The molecule has 9 N–H and O–H groups in total. The van der Waals surface area contributed by atoms with E-state index in [0.717, 1.165) is 39.5 Å². The molecule has 8 nitrogen and oxygen atoms in total. The summed E-state index contributed by atoms with van der Waals surface area (Å²) in [6, 6.07) is 0. The van der Waals surface area contributed by atoms with E-state index in [1.165, 1.54) is 89.9 Å². The van der Waals surface area contributed by atoms with Crippen LogP contribution in [0.3, 0.4) is 0 Å². The first-order valence-electron chi connectivity index (χ1n) is 13.7. The van der Waals surface area contributed by atoms with Gasteiger partial charge in [-0.1, -0.05) is 96.8 Å². The number of amides is 1. The minimum absolute atomic E-state index is 0.153. The highest BCUT2D eigenvalue weighted by Crippen LogP contribution is 2.13. The first-order valence-corrected chi connectivity index (χ1v) is 13.7. The Morgan fingerprint density at radius 1 is 0.618 bits per heavy atom. The van der Waals surface area contributed by atoms with E-state index in [0.29, 0.717) is 19.5 Å². The third-order valence-electron chi connectivity index (χ3n) is 5.15. The number of carboxylic acids is 1. The largest absolute Gasteiger partial charge is 0.481 e. The molecule has 0 bridgehead atoms. The Kier molecular flexibility index (Phi) is 39.9. The van der Waals surface area contributed by atoms with E-state index in [4.69, 9.17) is 27.1 Å². The van der Waals surface area contributed by atoms with Crippen LogP contribution in [0.5, 0.6) is 0 Å². The third kappa shape index (κ3) is 52.6. The van der Waals surface area contributed by atoms with Crippen LogP contribution in [-0.2, 0) is 9.59 Å². The van der Waals surface area contributed by atoms with Gasteiger partial charge in [0.2, 0.25) is 5.91 Å². The van der Waals surface area contributed by atoms with Gasteiger partial charge in [0.15, 0.2) is 0 Å². The molecule has 0 rings (SSSR count). The van der Waals surface area contributed by atoms with Crippen molar-refractivity contribution in [3.8, 4) is 0 Å². The number of hydrogen-bond donors (Lipinski definition) is 6. The summed E-state index contributed by atoms with van der Waals surface area (Å²) < 4.78 is 0. The number of carboxylic acid groups (broad SMARTS) is 1. The molecule has 0 aliphatic rings. The van der Waals surface area contributed by atoms with Crippen LogP contribution in [0.2, 0.25) is 0 Å². The lowest BCUT2D eigenvalue weighted by Crippen LogP contribution is -2.32. The van der Waals surface area contributed by atoms with Crippen LogP contribution in [0, 0.1) is 0 Å². The highest BCUT2D eigenvalue weighted by molar-refractivity contribution is 5.73. The van der Waals surface area contributed by atoms with E-state index < -0.39 is 5.97 Å². The van der Waals surface area contributed by atoms with Gasteiger partial charge in [0.25, 0.3) is 5.97 Å². The summed E-state index contributed by atoms with van der Waals surface area (Å²) in [6.45, 7) is 8.49. The predicted octanol–water partition coefficient (Wildman–Crippen LogP) is 3.91. The topological polar surface area (TPSA) is 156 Å². The van der Waals surface area contributed by atoms with Crippen molar-refractivity contribution in [3.63, 3.8) is 0 Å². The maximum Gasteiger partial charge on any atom is 0.300 e. The first kappa shape index (κ1) is 37.3. The lowest BCUT2D eigenvalue weighted by Gasteiger charge is -2.03. The molecule has 0 saturated heterocycles. The van der Waals surface area contributed by atoms with Gasteiger partial charge in [-0.05, 0) is 6.42 Å². The van der Waals surface area contributed by atoms with Crippen molar-refractivity contribution < 1.29 is 14.7 Å². The van der Waals surface area contributed by atoms with E-state index in [9.17, 15) is 4.79 Å². The molecule has 0 heterocycles. The van der Waals surface area contributed by atoms with Gasteiger partial charge in [-0.3, -0.25) is 9.59 Å². The van der Waals surface area contributed by atoms with Crippen molar-refractivity contribution in [2.24, 2.45) is 17.2 Å². The van der Waals surface area contributed by atoms with Gasteiger partial charge < -0.3 is 32.9 Å². The van der Waals surface area contributed by atoms with E-state index >= 15 is 0 Å². The van der Waals surface area contributed by atoms with E-state index in [-0.39, 0.29) is 5.91 Å². The minimum atomic E-state index is -0.833. The summed E-state index contributed by atoms with van der Waals surface area (Å²) in [5.74, 6) is -0.986. The number of primary amides is 1. The lowest BCUT2D eigenvalue weighted by atomic mass is 10.0. The second-order valence-electron chi connectivity index (χ2n) is 8.76. The van der Waals surface area contributed by atoms with Gasteiger partial charge in [-0.2, -0.15) is 0 Å². The molecule has 8 heteroatoms. The Bertz CT molecular complexity index is 387. The van der Waals surface area contributed by atoms with Crippen LogP contribution in [0.25, 0.3) is 0 Å². The maximum absolute atomic E-state index is 10.6. The van der Waals surface area contributed by atoms with E-state index in [1.54, 1.807) is 0 Å². The summed E-state index contributed by atoms with van der Waals surface area (Å²) in [4.78, 5) is 19.6. The Morgan fingerprint density at radius 2 is 0.912 bits per heavy atom. The molecule has 0 fully saturated rings. The highest BCUT2D eigenvalue weighted by Gasteiger charge is 1.96. The molecule has 0 saturated carbocycles. The second kappa shape index (κ2) is 36.4. The fourth-order valence-corrected chi connectivity index (χ4v) is 3.30.